The maximum atomic E-state index is 14.0. The number of nitrogens with one attached hydrogen (secondary N) is 2. The highest BCUT2D eigenvalue weighted by Crippen LogP contribution is 2.29. The quantitative estimate of drug-likeness (QED) is 0.235. The van der Waals surface area contributed by atoms with E-state index in [1.54, 1.807) is 48.5 Å². The van der Waals surface area contributed by atoms with Crippen LogP contribution in [0.3, 0.4) is 0 Å². The van der Waals surface area contributed by atoms with Gasteiger partial charge in [-0.3, -0.25) is 24.1 Å². The Kier molecular flexibility index (Phi) is 11.3. The lowest BCUT2D eigenvalue weighted by Gasteiger charge is -2.32. The average molecular weight is 606 g/mol. The molecule has 1 aliphatic carbocycles. The van der Waals surface area contributed by atoms with Gasteiger partial charge >= 0.3 is 5.97 Å². The van der Waals surface area contributed by atoms with E-state index < -0.39 is 53.8 Å². The second-order valence-electron chi connectivity index (χ2n) is 12.2. The van der Waals surface area contributed by atoms with Crippen molar-refractivity contribution in [1.29, 1.82) is 0 Å². The molecule has 2 aromatic carbocycles. The first-order chi connectivity index (χ1) is 21.1. The number of hydrogen-bond donors (Lipinski definition) is 3. The molecule has 236 valence electrons. The molecule has 4 amide bonds. The van der Waals surface area contributed by atoms with Crippen LogP contribution in [0.4, 0.5) is 0 Å². The number of esters is 1. The fraction of sp³-hybridized carbons (Fsp3) is 0.500. The molecule has 0 bridgehead atoms. The molecule has 0 radical (unpaired) electrons. The van der Waals surface area contributed by atoms with Gasteiger partial charge in [-0.15, -0.1) is 0 Å². The summed E-state index contributed by atoms with van der Waals surface area (Å²) in [6.07, 6.45) is 4.25. The second-order valence-corrected chi connectivity index (χ2v) is 12.2. The SMILES string of the molecule is COC(=O)C(O)C(CC1CCCCC1)NC(=O)C(CC(C)C)NC(=O)C(Cc1ccccc1)N1C(=O)c2ccccc2C1=O. The maximum Gasteiger partial charge on any atom is 0.336 e. The zero-order chi connectivity index (χ0) is 31.8. The van der Waals surface area contributed by atoms with E-state index in [1.807, 2.05) is 19.9 Å². The van der Waals surface area contributed by atoms with Crippen LogP contribution in [0.2, 0.25) is 0 Å². The van der Waals surface area contributed by atoms with Gasteiger partial charge in [-0.2, -0.15) is 0 Å². The van der Waals surface area contributed by atoms with Gasteiger partial charge in [0, 0.05) is 6.42 Å². The van der Waals surface area contributed by atoms with Crippen LogP contribution < -0.4 is 10.6 Å². The number of aliphatic hydroxyl groups is 1. The highest BCUT2D eigenvalue weighted by molar-refractivity contribution is 6.23. The van der Waals surface area contributed by atoms with E-state index in [-0.39, 0.29) is 35.8 Å². The van der Waals surface area contributed by atoms with E-state index in [9.17, 15) is 29.1 Å². The van der Waals surface area contributed by atoms with Crippen LogP contribution in [0.5, 0.6) is 0 Å². The third kappa shape index (κ3) is 7.91. The first-order valence-electron chi connectivity index (χ1n) is 15.5. The Morgan fingerprint density at radius 2 is 1.48 bits per heavy atom. The van der Waals surface area contributed by atoms with E-state index >= 15 is 0 Å². The number of hydrogen-bond acceptors (Lipinski definition) is 7. The van der Waals surface area contributed by atoms with Gasteiger partial charge in [0.1, 0.15) is 12.1 Å². The third-order valence-corrected chi connectivity index (χ3v) is 8.52. The summed E-state index contributed by atoms with van der Waals surface area (Å²) in [7, 11) is 1.18. The van der Waals surface area contributed by atoms with Gasteiger partial charge in [0.15, 0.2) is 6.10 Å². The van der Waals surface area contributed by atoms with Crippen LogP contribution in [0.25, 0.3) is 0 Å². The van der Waals surface area contributed by atoms with Crippen molar-refractivity contribution >= 4 is 29.6 Å². The van der Waals surface area contributed by atoms with Crippen LogP contribution in [-0.4, -0.2) is 70.9 Å². The van der Waals surface area contributed by atoms with Gasteiger partial charge in [0.25, 0.3) is 11.8 Å². The smallest absolute Gasteiger partial charge is 0.336 e. The Morgan fingerprint density at radius 3 is 2.05 bits per heavy atom. The van der Waals surface area contributed by atoms with Crippen LogP contribution in [0.1, 0.15) is 85.1 Å². The van der Waals surface area contributed by atoms with E-state index in [0.29, 0.717) is 6.42 Å². The van der Waals surface area contributed by atoms with Crippen molar-refractivity contribution in [2.45, 2.75) is 89.4 Å². The number of carbonyl (C=O) groups is 5. The number of ether oxygens (including phenoxy) is 1. The Hall–Kier alpha value is -4.05. The number of carbonyl (C=O) groups excluding carboxylic acids is 5. The number of imide groups is 1. The molecular formula is C34H43N3O7. The molecule has 0 aromatic heterocycles. The Morgan fingerprint density at radius 1 is 0.886 bits per heavy atom. The fourth-order valence-electron chi connectivity index (χ4n) is 6.22. The molecule has 0 saturated heterocycles. The molecule has 10 heteroatoms. The standard InChI is InChI=1S/C34H43N3O7/c1-21(2)18-27(30(39)35-26(29(38)34(43)44-3)19-22-12-6-4-7-13-22)36-31(40)28(20-23-14-8-5-9-15-23)37-32(41)24-16-10-11-17-25(24)33(37)42/h5,8-11,14-17,21-22,26-29,38H,4,6-7,12-13,18-20H2,1-3H3,(H,35,39)(H,36,40). The van der Waals surface area contributed by atoms with Crippen molar-refractivity contribution in [1.82, 2.24) is 15.5 Å². The molecule has 1 saturated carbocycles. The molecular weight excluding hydrogens is 562 g/mol. The molecule has 1 heterocycles. The van der Waals surface area contributed by atoms with Gasteiger partial charge in [0.05, 0.1) is 24.3 Å². The van der Waals surface area contributed by atoms with E-state index in [0.717, 1.165) is 42.6 Å². The molecule has 1 aliphatic heterocycles. The third-order valence-electron chi connectivity index (χ3n) is 8.52. The van der Waals surface area contributed by atoms with Crippen molar-refractivity contribution in [3.05, 3.63) is 71.3 Å². The highest BCUT2D eigenvalue weighted by Gasteiger charge is 2.43. The fourth-order valence-corrected chi connectivity index (χ4v) is 6.22. The number of methoxy groups -OCH3 is 1. The van der Waals surface area contributed by atoms with Crippen LogP contribution >= 0.6 is 0 Å². The lowest BCUT2D eigenvalue weighted by atomic mass is 9.83. The summed E-state index contributed by atoms with van der Waals surface area (Å²) < 4.78 is 4.77. The van der Waals surface area contributed by atoms with Gasteiger partial charge in [-0.25, -0.2) is 4.79 Å². The molecule has 2 aromatic rings. The van der Waals surface area contributed by atoms with Gasteiger partial charge in [0.2, 0.25) is 11.8 Å². The predicted octanol–water partition coefficient (Wildman–Crippen LogP) is 3.41. The Labute approximate surface area is 258 Å². The Bertz CT molecular complexity index is 1300. The highest BCUT2D eigenvalue weighted by atomic mass is 16.5. The van der Waals surface area contributed by atoms with E-state index in [4.69, 9.17) is 4.74 Å². The molecule has 44 heavy (non-hydrogen) atoms. The number of nitrogens with zero attached hydrogens (tertiary/aromatic N) is 1. The molecule has 4 unspecified atom stereocenters. The normalized spacial score (nSPS) is 17.9. The number of amides is 4. The molecule has 3 N–H and O–H groups in total. The second kappa shape index (κ2) is 15.1. The maximum absolute atomic E-state index is 14.0. The van der Waals surface area contributed by atoms with E-state index in [1.165, 1.54) is 7.11 Å². The topological polar surface area (TPSA) is 142 Å². The summed E-state index contributed by atoms with van der Waals surface area (Å²) in [5.41, 5.74) is 1.19. The zero-order valence-corrected chi connectivity index (χ0v) is 25.7. The average Bonchev–Trinajstić information content (AvgIpc) is 3.28. The lowest BCUT2D eigenvalue weighted by molar-refractivity contribution is -0.153. The summed E-state index contributed by atoms with van der Waals surface area (Å²) in [4.78, 5) is 67.9. The number of rotatable bonds is 13. The monoisotopic (exact) mass is 605 g/mol. The molecule has 2 aliphatic rings. The van der Waals surface area contributed by atoms with Crippen molar-refractivity contribution < 1.29 is 33.8 Å². The number of fused-ring (bicyclic) bond motifs is 1. The molecule has 4 rings (SSSR count). The van der Waals surface area contributed by atoms with Crippen molar-refractivity contribution in [3.63, 3.8) is 0 Å². The number of benzene rings is 2. The van der Waals surface area contributed by atoms with E-state index in [2.05, 4.69) is 10.6 Å². The zero-order valence-electron chi connectivity index (χ0n) is 25.7. The molecule has 4 atom stereocenters. The first-order valence-corrected chi connectivity index (χ1v) is 15.5. The first kappa shape index (κ1) is 32.9. The lowest BCUT2D eigenvalue weighted by Crippen LogP contribution is -2.58. The molecule has 10 nitrogen and oxygen atoms in total. The predicted molar refractivity (Wildman–Crippen MR) is 163 cm³/mol. The summed E-state index contributed by atoms with van der Waals surface area (Å²) in [6.45, 7) is 3.81. The largest absolute Gasteiger partial charge is 0.467 e. The van der Waals surface area contributed by atoms with Gasteiger partial charge in [-0.05, 0) is 42.4 Å². The summed E-state index contributed by atoms with van der Waals surface area (Å²) in [5.74, 6) is -2.97. The van der Waals surface area contributed by atoms with Gasteiger partial charge in [-0.1, -0.05) is 88.4 Å². The Balaban J connectivity index is 1.58. The van der Waals surface area contributed by atoms with Crippen molar-refractivity contribution in [2.24, 2.45) is 11.8 Å². The molecule has 0 spiro atoms. The summed E-state index contributed by atoms with van der Waals surface area (Å²) >= 11 is 0. The van der Waals surface area contributed by atoms with Crippen LogP contribution in [0, 0.1) is 11.8 Å². The van der Waals surface area contributed by atoms with Crippen molar-refractivity contribution in [2.75, 3.05) is 7.11 Å². The van der Waals surface area contributed by atoms with Crippen molar-refractivity contribution in [3.8, 4) is 0 Å². The number of aliphatic hydroxyl groups excluding tert-OH is 1. The molecule has 1 fully saturated rings. The van der Waals surface area contributed by atoms with Crippen LogP contribution in [-0.2, 0) is 25.5 Å². The summed E-state index contributed by atoms with van der Waals surface area (Å²) in [6, 6.07) is 12.3. The summed E-state index contributed by atoms with van der Waals surface area (Å²) in [5, 5.41) is 16.4. The minimum Gasteiger partial charge on any atom is -0.467 e. The minimum absolute atomic E-state index is 0.0137. The minimum atomic E-state index is -1.56. The van der Waals surface area contributed by atoms with Crippen LogP contribution in [0.15, 0.2) is 54.6 Å². The van der Waals surface area contributed by atoms with Gasteiger partial charge < -0.3 is 20.5 Å².